The molecule has 1 aromatic carbocycles. The molecule has 7 heteroatoms. The van der Waals surface area contributed by atoms with E-state index >= 15 is 0 Å². The first kappa shape index (κ1) is 12.2. The summed E-state index contributed by atoms with van der Waals surface area (Å²) in [6, 6.07) is 6.41. The smallest absolute Gasteiger partial charge is 0.285 e. The maximum atomic E-state index is 11.8. The van der Waals surface area contributed by atoms with Gasteiger partial charge in [-0.25, -0.2) is 0 Å². The molecule has 1 aromatic rings. The molecule has 0 saturated carbocycles. The van der Waals surface area contributed by atoms with Crippen molar-refractivity contribution in [2.45, 2.75) is 6.17 Å². The SMILES string of the molecule is NC(CON1C(=O)c2ccccc2C1=O)NC=O. The monoisotopic (exact) mass is 249 g/mol. The van der Waals surface area contributed by atoms with Gasteiger partial charge in [-0.05, 0) is 12.1 Å². The Kier molecular flexibility index (Phi) is 3.35. The van der Waals surface area contributed by atoms with Crippen LogP contribution >= 0.6 is 0 Å². The van der Waals surface area contributed by atoms with Gasteiger partial charge in [-0.15, -0.1) is 5.06 Å². The van der Waals surface area contributed by atoms with E-state index in [-0.39, 0.29) is 6.61 Å². The average Bonchev–Trinajstić information content (AvgIpc) is 2.61. The molecule has 0 radical (unpaired) electrons. The maximum Gasteiger partial charge on any atom is 0.285 e. The second-order valence-corrected chi connectivity index (χ2v) is 3.64. The van der Waals surface area contributed by atoms with Crippen LogP contribution in [0.3, 0.4) is 0 Å². The Hall–Kier alpha value is -2.25. The summed E-state index contributed by atoms with van der Waals surface area (Å²) in [5.41, 5.74) is 6.02. The number of amides is 3. The van der Waals surface area contributed by atoms with Crippen molar-refractivity contribution in [3.63, 3.8) is 0 Å². The van der Waals surface area contributed by atoms with Crippen LogP contribution in [0.4, 0.5) is 0 Å². The first-order valence-corrected chi connectivity index (χ1v) is 5.21. The van der Waals surface area contributed by atoms with E-state index in [0.717, 1.165) is 0 Å². The molecule has 2 rings (SSSR count). The summed E-state index contributed by atoms with van der Waals surface area (Å²) >= 11 is 0. The topological polar surface area (TPSA) is 102 Å². The Labute approximate surface area is 102 Å². The molecule has 1 aliphatic heterocycles. The molecule has 1 heterocycles. The highest BCUT2D eigenvalue weighted by Gasteiger charge is 2.36. The Bertz CT molecular complexity index is 468. The van der Waals surface area contributed by atoms with Crippen LogP contribution in [0.25, 0.3) is 0 Å². The standard InChI is InChI=1S/C11H11N3O4/c12-9(13-6-15)5-18-14-10(16)7-3-1-2-4-8(7)11(14)17/h1-4,6,9H,5,12H2,(H,13,15). The number of carbonyl (C=O) groups is 3. The largest absolute Gasteiger partial charge is 0.341 e. The van der Waals surface area contributed by atoms with Crippen molar-refractivity contribution in [2.24, 2.45) is 5.73 Å². The third-order valence-electron chi connectivity index (χ3n) is 2.42. The van der Waals surface area contributed by atoms with Crippen LogP contribution in [0.15, 0.2) is 24.3 Å². The van der Waals surface area contributed by atoms with E-state index in [9.17, 15) is 14.4 Å². The number of benzene rings is 1. The summed E-state index contributed by atoms with van der Waals surface area (Å²) in [6.45, 7) is -0.176. The predicted octanol–water partition coefficient (Wildman–Crippen LogP) is -0.755. The second kappa shape index (κ2) is 4.94. The number of rotatable bonds is 5. The number of hydroxylamine groups is 2. The molecule has 1 unspecified atom stereocenters. The normalized spacial score (nSPS) is 15.5. The highest BCUT2D eigenvalue weighted by molar-refractivity contribution is 6.20. The molecule has 0 fully saturated rings. The Morgan fingerprint density at radius 3 is 2.33 bits per heavy atom. The van der Waals surface area contributed by atoms with Crippen LogP contribution in [-0.4, -0.2) is 36.1 Å². The number of hydrogen-bond donors (Lipinski definition) is 2. The maximum absolute atomic E-state index is 11.8. The molecule has 0 aliphatic carbocycles. The van der Waals surface area contributed by atoms with Gasteiger partial charge in [0, 0.05) is 0 Å². The number of nitrogens with zero attached hydrogens (tertiary/aromatic N) is 1. The lowest BCUT2D eigenvalue weighted by Gasteiger charge is -2.16. The van der Waals surface area contributed by atoms with Crippen LogP contribution in [0, 0.1) is 0 Å². The Morgan fingerprint density at radius 1 is 1.28 bits per heavy atom. The van der Waals surface area contributed by atoms with Gasteiger partial charge >= 0.3 is 0 Å². The fourth-order valence-corrected chi connectivity index (χ4v) is 1.57. The summed E-state index contributed by atoms with van der Waals surface area (Å²) in [5, 5.41) is 2.89. The van der Waals surface area contributed by atoms with Crippen LogP contribution < -0.4 is 11.1 Å². The summed E-state index contributed by atoms with van der Waals surface area (Å²) in [6.07, 6.45) is -0.372. The third kappa shape index (κ3) is 2.08. The van der Waals surface area contributed by atoms with Crippen molar-refractivity contribution in [3.05, 3.63) is 35.4 Å². The number of nitrogens with two attached hydrogens (primary N) is 1. The highest BCUT2D eigenvalue weighted by atomic mass is 16.7. The van der Waals surface area contributed by atoms with Crippen molar-refractivity contribution in [3.8, 4) is 0 Å². The predicted molar refractivity (Wildman–Crippen MR) is 60.1 cm³/mol. The molecule has 0 spiro atoms. The average molecular weight is 249 g/mol. The minimum atomic E-state index is -0.785. The molecule has 0 saturated heterocycles. The number of imide groups is 1. The van der Waals surface area contributed by atoms with E-state index in [1.165, 1.54) is 0 Å². The van der Waals surface area contributed by atoms with Gasteiger partial charge < -0.3 is 11.1 Å². The van der Waals surface area contributed by atoms with Gasteiger partial charge in [-0.3, -0.25) is 19.2 Å². The lowest BCUT2D eigenvalue weighted by molar-refractivity contribution is -0.114. The number of hydrogen-bond acceptors (Lipinski definition) is 5. The van der Waals surface area contributed by atoms with Crippen LogP contribution in [-0.2, 0) is 9.63 Å². The lowest BCUT2D eigenvalue weighted by Crippen LogP contribution is -2.43. The number of fused-ring (bicyclic) bond motifs is 1. The zero-order valence-electron chi connectivity index (χ0n) is 9.33. The van der Waals surface area contributed by atoms with E-state index in [0.29, 0.717) is 22.6 Å². The van der Waals surface area contributed by atoms with Gasteiger partial charge in [0.1, 0.15) is 12.8 Å². The van der Waals surface area contributed by atoms with Gasteiger partial charge in [-0.1, -0.05) is 12.1 Å². The van der Waals surface area contributed by atoms with Gasteiger partial charge in [0.05, 0.1) is 11.1 Å². The molecular formula is C11H11N3O4. The number of nitrogens with one attached hydrogen (secondary N) is 1. The first-order valence-electron chi connectivity index (χ1n) is 5.21. The van der Waals surface area contributed by atoms with Crippen molar-refractivity contribution >= 4 is 18.2 Å². The minimum Gasteiger partial charge on any atom is -0.341 e. The molecule has 3 N–H and O–H groups in total. The van der Waals surface area contributed by atoms with Crippen molar-refractivity contribution in [1.29, 1.82) is 0 Å². The fourth-order valence-electron chi connectivity index (χ4n) is 1.57. The Morgan fingerprint density at radius 2 is 1.83 bits per heavy atom. The molecular weight excluding hydrogens is 238 g/mol. The zero-order chi connectivity index (χ0) is 13.1. The summed E-state index contributed by atoms with van der Waals surface area (Å²) in [7, 11) is 0. The Balaban J connectivity index is 2.07. The molecule has 0 aromatic heterocycles. The number of carbonyl (C=O) groups excluding carboxylic acids is 3. The molecule has 18 heavy (non-hydrogen) atoms. The summed E-state index contributed by atoms with van der Waals surface area (Å²) in [5.74, 6) is -1.07. The molecule has 1 aliphatic rings. The molecule has 7 nitrogen and oxygen atoms in total. The van der Waals surface area contributed by atoms with Gasteiger partial charge in [0.25, 0.3) is 11.8 Å². The molecule has 1 atom stereocenters. The molecule has 94 valence electrons. The van der Waals surface area contributed by atoms with Crippen LogP contribution in [0.1, 0.15) is 20.7 Å². The van der Waals surface area contributed by atoms with Crippen LogP contribution in [0.2, 0.25) is 0 Å². The zero-order valence-corrected chi connectivity index (χ0v) is 9.33. The highest BCUT2D eigenvalue weighted by Crippen LogP contribution is 2.22. The lowest BCUT2D eigenvalue weighted by atomic mass is 10.1. The van der Waals surface area contributed by atoms with Gasteiger partial charge in [0.15, 0.2) is 0 Å². The minimum absolute atomic E-state index is 0.176. The van der Waals surface area contributed by atoms with E-state index in [1.54, 1.807) is 24.3 Å². The van der Waals surface area contributed by atoms with Gasteiger partial charge in [-0.2, -0.15) is 0 Å². The van der Waals surface area contributed by atoms with E-state index in [2.05, 4.69) is 5.32 Å². The summed E-state index contributed by atoms with van der Waals surface area (Å²) < 4.78 is 0. The molecule has 0 bridgehead atoms. The van der Waals surface area contributed by atoms with E-state index in [1.807, 2.05) is 0 Å². The molecule has 3 amide bonds. The first-order chi connectivity index (χ1) is 8.65. The van der Waals surface area contributed by atoms with Gasteiger partial charge in [0.2, 0.25) is 6.41 Å². The van der Waals surface area contributed by atoms with Crippen molar-refractivity contribution < 1.29 is 19.2 Å². The second-order valence-electron chi connectivity index (χ2n) is 3.64. The summed E-state index contributed by atoms with van der Waals surface area (Å²) in [4.78, 5) is 38.8. The van der Waals surface area contributed by atoms with Crippen molar-refractivity contribution in [1.82, 2.24) is 10.4 Å². The van der Waals surface area contributed by atoms with E-state index in [4.69, 9.17) is 10.6 Å². The van der Waals surface area contributed by atoms with Crippen LogP contribution in [0.5, 0.6) is 0 Å². The van der Waals surface area contributed by atoms with Crippen molar-refractivity contribution in [2.75, 3.05) is 6.61 Å². The third-order valence-corrected chi connectivity index (χ3v) is 2.42. The van der Waals surface area contributed by atoms with E-state index < -0.39 is 18.0 Å². The quantitative estimate of drug-likeness (QED) is 0.406. The fraction of sp³-hybridized carbons (Fsp3) is 0.182.